The zero-order valence-corrected chi connectivity index (χ0v) is 15.8. The maximum atomic E-state index is 11.6. The van der Waals surface area contributed by atoms with Crippen LogP contribution < -0.4 is 5.32 Å². The molecule has 0 radical (unpaired) electrons. The Hall–Kier alpha value is -2.84. The summed E-state index contributed by atoms with van der Waals surface area (Å²) in [4.78, 5) is 32.9. The minimum atomic E-state index is -0.905. The van der Waals surface area contributed by atoms with Gasteiger partial charge < -0.3 is 15.2 Å². The molecule has 28 heavy (non-hydrogen) atoms. The number of hydrogen-bond acceptors (Lipinski definition) is 7. The number of benzene rings is 1. The van der Waals surface area contributed by atoms with E-state index >= 15 is 0 Å². The summed E-state index contributed by atoms with van der Waals surface area (Å²) in [5.74, 6) is -0.348. The number of rotatable bonds is 8. The Labute approximate surface area is 163 Å². The van der Waals surface area contributed by atoms with Crippen LogP contribution in [0.15, 0.2) is 30.5 Å². The fraction of sp³-hybridized carbons (Fsp3) is 0.400. The lowest BCUT2D eigenvalue weighted by atomic mass is 10.0. The highest BCUT2D eigenvalue weighted by molar-refractivity contribution is 5.80. The van der Waals surface area contributed by atoms with Gasteiger partial charge >= 0.3 is 5.97 Å². The Bertz CT molecular complexity index is 837. The molecule has 1 aliphatic heterocycles. The van der Waals surface area contributed by atoms with Gasteiger partial charge in [0.1, 0.15) is 6.29 Å². The number of aldehydes is 1. The summed E-state index contributed by atoms with van der Waals surface area (Å²) in [6.07, 6.45) is 4.32. The van der Waals surface area contributed by atoms with Crippen molar-refractivity contribution in [3.8, 4) is 11.3 Å². The largest absolute Gasteiger partial charge is 0.480 e. The summed E-state index contributed by atoms with van der Waals surface area (Å²) in [6.45, 7) is 1.75. The van der Waals surface area contributed by atoms with Crippen molar-refractivity contribution in [1.29, 1.82) is 0 Å². The van der Waals surface area contributed by atoms with Crippen LogP contribution in [0.1, 0.15) is 28.8 Å². The number of carboxylic acids is 1. The molecule has 0 unspecified atom stereocenters. The van der Waals surface area contributed by atoms with Crippen LogP contribution in [0.2, 0.25) is 0 Å². The molecular weight excluding hydrogens is 360 g/mol. The molecule has 3 rings (SSSR count). The van der Waals surface area contributed by atoms with Crippen LogP contribution in [0.4, 0.5) is 5.95 Å². The van der Waals surface area contributed by atoms with Crippen molar-refractivity contribution in [1.82, 2.24) is 14.9 Å². The van der Waals surface area contributed by atoms with Crippen LogP contribution in [0.3, 0.4) is 0 Å². The Morgan fingerprint density at radius 3 is 2.86 bits per heavy atom. The molecule has 0 amide bonds. The first-order chi connectivity index (χ1) is 13.5. The number of likely N-dealkylation sites (N-methyl/N-ethyl adjacent to an activating group) is 1. The molecule has 8 nitrogen and oxygen atoms in total. The average Bonchev–Trinajstić information content (AvgIpc) is 2.68. The minimum absolute atomic E-state index is 0.0901. The molecule has 2 aromatic rings. The van der Waals surface area contributed by atoms with Gasteiger partial charge in [0.25, 0.3) is 0 Å². The third-order valence-electron chi connectivity index (χ3n) is 4.62. The van der Waals surface area contributed by atoms with Gasteiger partial charge in [0.15, 0.2) is 0 Å². The van der Waals surface area contributed by atoms with Crippen LogP contribution in [0.5, 0.6) is 0 Å². The third-order valence-corrected chi connectivity index (χ3v) is 4.62. The van der Waals surface area contributed by atoms with Crippen LogP contribution in [-0.4, -0.2) is 65.1 Å². The fourth-order valence-electron chi connectivity index (χ4n) is 3.20. The molecule has 0 saturated carbocycles. The highest BCUT2D eigenvalue weighted by Gasteiger charge is 2.15. The van der Waals surface area contributed by atoms with E-state index in [1.54, 1.807) is 30.3 Å². The second-order valence-corrected chi connectivity index (χ2v) is 6.89. The predicted molar refractivity (Wildman–Crippen MR) is 104 cm³/mol. The van der Waals surface area contributed by atoms with Crippen molar-refractivity contribution in [2.45, 2.75) is 25.4 Å². The molecule has 0 spiro atoms. The van der Waals surface area contributed by atoms with Crippen molar-refractivity contribution in [3.05, 3.63) is 41.6 Å². The van der Waals surface area contributed by atoms with Crippen LogP contribution >= 0.6 is 0 Å². The van der Waals surface area contributed by atoms with Gasteiger partial charge in [-0.15, -0.1) is 0 Å². The smallest absolute Gasteiger partial charge is 0.317 e. The molecular formula is C20H24N4O4. The second-order valence-electron chi connectivity index (χ2n) is 6.89. The van der Waals surface area contributed by atoms with Crippen LogP contribution in [0.25, 0.3) is 11.3 Å². The molecule has 1 aliphatic rings. The molecule has 148 valence electrons. The van der Waals surface area contributed by atoms with Crippen molar-refractivity contribution in [3.63, 3.8) is 0 Å². The molecule has 0 bridgehead atoms. The SMILES string of the molecule is CN(CC(=O)O)Cc1ccc(-c2ccnc(NC3CCOCC3)n2)cc1C=O. The molecule has 0 atom stereocenters. The van der Waals surface area contributed by atoms with E-state index in [-0.39, 0.29) is 6.54 Å². The van der Waals surface area contributed by atoms with Gasteiger partial charge in [0.05, 0.1) is 12.2 Å². The summed E-state index contributed by atoms with van der Waals surface area (Å²) in [6, 6.07) is 7.59. The van der Waals surface area contributed by atoms with E-state index in [0.717, 1.165) is 49.2 Å². The topological polar surface area (TPSA) is 105 Å². The van der Waals surface area contributed by atoms with Crippen molar-refractivity contribution in [2.24, 2.45) is 0 Å². The molecule has 8 heteroatoms. The molecule has 1 aromatic carbocycles. The Kier molecular flexibility index (Phi) is 6.67. The second kappa shape index (κ2) is 9.38. The Morgan fingerprint density at radius 2 is 2.14 bits per heavy atom. The minimum Gasteiger partial charge on any atom is -0.480 e. The summed E-state index contributed by atoms with van der Waals surface area (Å²) >= 11 is 0. The summed E-state index contributed by atoms with van der Waals surface area (Å²) in [7, 11) is 1.70. The first-order valence-corrected chi connectivity index (χ1v) is 9.21. The van der Waals surface area contributed by atoms with Crippen molar-refractivity contribution in [2.75, 3.05) is 32.1 Å². The molecule has 1 saturated heterocycles. The van der Waals surface area contributed by atoms with Gasteiger partial charge in [-0.25, -0.2) is 9.97 Å². The van der Waals surface area contributed by atoms with Gasteiger partial charge in [-0.05, 0) is 37.6 Å². The number of nitrogens with zero attached hydrogens (tertiary/aromatic N) is 3. The van der Waals surface area contributed by atoms with E-state index in [2.05, 4.69) is 15.3 Å². The molecule has 2 heterocycles. The quantitative estimate of drug-likeness (QED) is 0.667. The Balaban J connectivity index is 1.76. The zero-order valence-electron chi connectivity index (χ0n) is 15.8. The normalized spacial score (nSPS) is 14.8. The summed E-state index contributed by atoms with van der Waals surface area (Å²) < 4.78 is 5.37. The maximum absolute atomic E-state index is 11.6. The van der Waals surface area contributed by atoms with Gasteiger partial charge in [-0.2, -0.15) is 0 Å². The number of ether oxygens (including phenoxy) is 1. The molecule has 1 aromatic heterocycles. The van der Waals surface area contributed by atoms with Gasteiger partial charge in [-0.3, -0.25) is 14.5 Å². The van der Waals surface area contributed by atoms with Crippen LogP contribution in [-0.2, 0) is 16.1 Å². The maximum Gasteiger partial charge on any atom is 0.317 e. The van der Waals surface area contributed by atoms with Crippen molar-refractivity contribution >= 4 is 18.2 Å². The van der Waals surface area contributed by atoms with E-state index in [0.29, 0.717) is 24.1 Å². The fourth-order valence-corrected chi connectivity index (χ4v) is 3.20. The number of hydrogen-bond donors (Lipinski definition) is 2. The highest BCUT2D eigenvalue weighted by Crippen LogP contribution is 2.22. The number of carboxylic acid groups (broad SMARTS) is 1. The first kappa shape index (κ1) is 19.9. The molecule has 2 N–H and O–H groups in total. The van der Waals surface area contributed by atoms with Gasteiger partial charge in [0.2, 0.25) is 5.95 Å². The summed E-state index contributed by atoms with van der Waals surface area (Å²) in [5, 5.41) is 12.2. The number of aliphatic carboxylic acids is 1. The van der Waals surface area contributed by atoms with Crippen LogP contribution in [0, 0.1) is 0 Å². The zero-order chi connectivity index (χ0) is 19.9. The lowest BCUT2D eigenvalue weighted by Crippen LogP contribution is -2.28. The number of aromatic nitrogens is 2. The number of carbonyl (C=O) groups is 2. The first-order valence-electron chi connectivity index (χ1n) is 9.21. The van der Waals surface area contributed by atoms with E-state index in [4.69, 9.17) is 9.84 Å². The van der Waals surface area contributed by atoms with Gasteiger partial charge in [-0.1, -0.05) is 12.1 Å². The predicted octanol–water partition coefficient (Wildman–Crippen LogP) is 2.06. The number of anilines is 1. The van der Waals surface area contributed by atoms with Crippen molar-refractivity contribution < 1.29 is 19.4 Å². The monoisotopic (exact) mass is 384 g/mol. The van der Waals surface area contributed by atoms with E-state index in [1.807, 2.05) is 12.1 Å². The molecule has 1 fully saturated rings. The number of carbonyl (C=O) groups excluding carboxylic acids is 1. The average molecular weight is 384 g/mol. The van der Waals surface area contributed by atoms with E-state index in [9.17, 15) is 9.59 Å². The van der Waals surface area contributed by atoms with Gasteiger partial charge in [0, 0.05) is 43.1 Å². The molecule has 0 aliphatic carbocycles. The lowest BCUT2D eigenvalue weighted by Gasteiger charge is -2.23. The standard InChI is InChI=1S/C20H24N4O4/c1-24(12-19(26)27)11-15-3-2-14(10-16(15)13-25)18-4-7-21-20(23-18)22-17-5-8-28-9-6-17/h2-4,7,10,13,17H,5-6,8-9,11-12H2,1H3,(H,26,27)(H,21,22,23). The van der Waals surface area contributed by atoms with E-state index in [1.165, 1.54) is 0 Å². The Morgan fingerprint density at radius 1 is 1.36 bits per heavy atom. The third kappa shape index (κ3) is 5.34. The summed E-state index contributed by atoms with van der Waals surface area (Å²) in [5.41, 5.74) is 2.83. The lowest BCUT2D eigenvalue weighted by molar-refractivity contribution is -0.138. The van der Waals surface area contributed by atoms with E-state index < -0.39 is 5.97 Å². The number of nitrogens with one attached hydrogen (secondary N) is 1. The highest BCUT2D eigenvalue weighted by atomic mass is 16.5.